The van der Waals surface area contributed by atoms with Gasteiger partial charge in [0.2, 0.25) is 0 Å². The van der Waals surface area contributed by atoms with E-state index in [1.165, 1.54) is 5.56 Å². The Morgan fingerprint density at radius 2 is 2.04 bits per heavy atom. The molecule has 5 rings (SSSR count). The van der Waals surface area contributed by atoms with Gasteiger partial charge in [0, 0.05) is 22.5 Å². The zero-order valence-electron chi connectivity index (χ0n) is 13.7. The number of furan rings is 1. The minimum atomic E-state index is 0.732. The summed E-state index contributed by atoms with van der Waals surface area (Å²) >= 11 is 6.11. The number of aromatic nitrogens is 2. The van der Waals surface area contributed by atoms with Crippen molar-refractivity contribution in [3.05, 3.63) is 64.7 Å². The third-order valence-electron chi connectivity index (χ3n) is 4.70. The summed E-state index contributed by atoms with van der Waals surface area (Å²) in [7, 11) is 0. The van der Waals surface area contributed by atoms with E-state index in [1.54, 1.807) is 0 Å². The molecule has 0 spiro atoms. The number of aryl methyl sites for hydroxylation is 1. The first-order valence-corrected chi connectivity index (χ1v) is 8.70. The van der Waals surface area contributed by atoms with Gasteiger partial charge in [0.05, 0.1) is 5.69 Å². The minimum absolute atomic E-state index is 0.732. The summed E-state index contributed by atoms with van der Waals surface area (Å²) in [6.45, 7) is 2.96. The van der Waals surface area contributed by atoms with Crippen LogP contribution in [0.5, 0.6) is 0 Å². The van der Waals surface area contributed by atoms with Crippen molar-refractivity contribution in [3.8, 4) is 17.1 Å². The Bertz CT molecular complexity index is 1080. The molecule has 0 saturated carbocycles. The molecule has 0 saturated heterocycles. The molecule has 0 radical (unpaired) electrons. The number of rotatable bonds is 2. The topological polar surface area (TPSA) is 43.0 Å². The molecule has 2 aromatic carbocycles. The lowest BCUT2D eigenvalue weighted by atomic mass is 10.1. The fraction of sp³-hybridized carbons (Fsp3) is 0.150. The highest BCUT2D eigenvalue weighted by atomic mass is 35.5. The predicted octanol–water partition coefficient (Wildman–Crippen LogP) is 5.22. The molecule has 0 atom stereocenters. The quantitative estimate of drug-likeness (QED) is 0.540. The maximum Gasteiger partial charge on any atom is 0.156 e. The second-order valence-corrected chi connectivity index (χ2v) is 6.78. The lowest BCUT2D eigenvalue weighted by Gasteiger charge is -2.09. The molecule has 1 N–H and O–H groups in total. The van der Waals surface area contributed by atoms with Gasteiger partial charge in [-0.1, -0.05) is 29.8 Å². The van der Waals surface area contributed by atoms with Gasteiger partial charge in [-0.25, -0.2) is 4.68 Å². The van der Waals surface area contributed by atoms with Crippen LogP contribution in [-0.2, 0) is 6.42 Å². The highest BCUT2D eigenvalue weighted by molar-refractivity contribution is 6.30. The highest BCUT2D eigenvalue weighted by Gasteiger charge is 2.26. The molecular weight excluding hydrogens is 334 g/mol. The first-order chi connectivity index (χ1) is 12.2. The summed E-state index contributed by atoms with van der Waals surface area (Å²) in [6, 6.07) is 16.0. The third kappa shape index (κ3) is 2.25. The van der Waals surface area contributed by atoms with Crippen molar-refractivity contribution in [2.24, 2.45) is 0 Å². The van der Waals surface area contributed by atoms with Crippen LogP contribution in [0.1, 0.15) is 11.1 Å². The monoisotopic (exact) mass is 349 g/mol. The van der Waals surface area contributed by atoms with Crippen molar-refractivity contribution in [1.82, 2.24) is 9.78 Å². The zero-order chi connectivity index (χ0) is 17.0. The largest absolute Gasteiger partial charge is 0.454 e. The Balaban J connectivity index is 1.71. The molecular formula is C20H16ClN3O. The molecule has 124 valence electrons. The molecule has 0 amide bonds. The van der Waals surface area contributed by atoms with Gasteiger partial charge in [0.25, 0.3) is 0 Å². The van der Waals surface area contributed by atoms with Crippen molar-refractivity contribution >= 4 is 28.4 Å². The second-order valence-electron chi connectivity index (χ2n) is 6.34. The van der Waals surface area contributed by atoms with E-state index in [1.807, 2.05) is 48.0 Å². The minimum Gasteiger partial charge on any atom is -0.454 e. The lowest BCUT2D eigenvalue weighted by molar-refractivity contribution is 0.626. The number of hydrogen-bond acceptors (Lipinski definition) is 3. The van der Waals surface area contributed by atoms with Crippen molar-refractivity contribution in [1.29, 1.82) is 0 Å². The van der Waals surface area contributed by atoms with Crippen molar-refractivity contribution in [2.75, 3.05) is 11.9 Å². The summed E-state index contributed by atoms with van der Waals surface area (Å²) in [5.41, 5.74) is 5.11. The fourth-order valence-electron chi connectivity index (χ4n) is 3.50. The first-order valence-electron chi connectivity index (χ1n) is 8.32. The van der Waals surface area contributed by atoms with E-state index >= 15 is 0 Å². The number of fused-ring (bicyclic) bond motifs is 2. The van der Waals surface area contributed by atoms with Crippen molar-refractivity contribution in [2.45, 2.75) is 13.3 Å². The Labute approximate surface area is 150 Å². The summed E-state index contributed by atoms with van der Waals surface area (Å²) in [5.74, 6) is 1.85. The van der Waals surface area contributed by atoms with Gasteiger partial charge in [0.1, 0.15) is 17.1 Å². The first kappa shape index (κ1) is 14.6. The number of benzene rings is 2. The van der Waals surface area contributed by atoms with E-state index in [0.29, 0.717) is 0 Å². The third-order valence-corrected chi connectivity index (χ3v) is 4.93. The average Bonchev–Trinajstić information content (AvgIpc) is 3.29. The van der Waals surface area contributed by atoms with Gasteiger partial charge in [-0.05, 0) is 49.2 Å². The molecule has 4 aromatic rings. The predicted molar refractivity (Wildman–Crippen MR) is 101 cm³/mol. The van der Waals surface area contributed by atoms with Crippen LogP contribution >= 0.6 is 11.6 Å². The van der Waals surface area contributed by atoms with E-state index in [4.69, 9.17) is 21.1 Å². The van der Waals surface area contributed by atoms with Crippen molar-refractivity contribution < 1.29 is 4.42 Å². The SMILES string of the molecule is Cc1cc(Cl)ccc1-n1nc(-c2cc3ccccc3o2)c2c1NCC2. The molecule has 0 fully saturated rings. The summed E-state index contributed by atoms with van der Waals surface area (Å²) in [4.78, 5) is 0. The number of para-hydroxylation sites is 1. The molecule has 25 heavy (non-hydrogen) atoms. The molecule has 1 aliphatic rings. The Morgan fingerprint density at radius 1 is 1.16 bits per heavy atom. The number of nitrogens with zero attached hydrogens (tertiary/aromatic N) is 2. The van der Waals surface area contributed by atoms with Crippen LogP contribution in [0.2, 0.25) is 5.02 Å². The maximum atomic E-state index is 6.11. The maximum absolute atomic E-state index is 6.11. The molecule has 0 bridgehead atoms. The van der Waals surface area contributed by atoms with E-state index in [2.05, 4.69) is 17.4 Å². The number of nitrogens with one attached hydrogen (secondary N) is 1. The van der Waals surface area contributed by atoms with Crippen LogP contribution in [0.3, 0.4) is 0 Å². The summed E-state index contributed by atoms with van der Waals surface area (Å²) in [5, 5.41) is 10.2. The van der Waals surface area contributed by atoms with Gasteiger partial charge in [0.15, 0.2) is 5.76 Å². The van der Waals surface area contributed by atoms with Crippen LogP contribution in [-0.4, -0.2) is 16.3 Å². The van der Waals surface area contributed by atoms with Gasteiger partial charge in [-0.3, -0.25) is 0 Å². The van der Waals surface area contributed by atoms with Crippen molar-refractivity contribution in [3.63, 3.8) is 0 Å². The number of halogens is 1. The smallest absolute Gasteiger partial charge is 0.156 e. The lowest BCUT2D eigenvalue weighted by Crippen LogP contribution is -2.05. The van der Waals surface area contributed by atoms with E-state index in [-0.39, 0.29) is 0 Å². The Hall–Kier alpha value is -2.72. The Morgan fingerprint density at radius 3 is 2.88 bits per heavy atom. The molecule has 5 heteroatoms. The van der Waals surface area contributed by atoms with Crippen LogP contribution in [0, 0.1) is 6.92 Å². The van der Waals surface area contributed by atoms with Crippen LogP contribution in [0.15, 0.2) is 52.9 Å². The van der Waals surface area contributed by atoms with E-state index in [0.717, 1.165) is 57.5 Å². The fourth-order valence-corrected chi connectivity index (χ4v) is 3.73. The highest BCUT2D eigenvalue weighted by Crippen LogP contribution is 2.37. The van der Waals surface area contributed by atoms with Gasteiger partial charge in [-0.2, -0.15) is 5.10 Å². The average molecular weight is 350 g/mol. The van der Waals surface area contributed by atoms with Gasteiger partial charge < -0.3 is 9.73 Å². The summed E-state index contributed by atoms with van der Waals surface area (Å²) < 4.78 is 8.02. The molecule has 0 aliphatic carbocycles. The second kappa shape index (κ2) is 5.39. The zero-order valence-corrected chi connectivity index (χ0v) is 14.5. The normalized spacial score (nSPS) is 13.2. The molecule has 2 aromatic heterocycles. The van der Waals surface area contributed by atoms with Gasteiger partial charge in [-0.15, -0.1) is 0 Å². The molecule has 1 aliphatic heterocycles. The molecule has 0 unspecified atom stereocenters. The standard InChI is InChI=1S/C20H16ClN3O/c1-12-10-14(21)6-7-16(12)24-20-15(8-9-22-20)19(23-24)18-11-13-4-2-3-5-17(13)25-18/h2-7,10-11,22H,8-9H2,1H3. The number of anilines is 1. The Kier molecular flexibility index (Phi) is 3.15. The summed E-state index contributed by atoms with van der Waals surface area (Å²) in [6.07, 6.45) is 0.939. The number of hydrogen-bond donors (Lipinski definition) is 1. The van der Waals surface area contributed by atoms with E-state index in [9.17, 15) is 0 Å². The molecule has 4 nitrogen and oxygen atoms in total. The molecule has 3 heterocycles. The van der Waals surface area contributed by atoms with Crippen LogP contribution in [0.25, 0.3) is 28.1 Å². The van der Waals surface area contributed by atoms with Gasteiger partial charge >= 0.3 is 0 Å². The van der Waals surface area contributed by atoms with Crippen LogP contribution in [0.4, 0.5) is 5.82 Å². The van der Waals surface area contributed by atoms with E-state index < -0.39 is 0 Å². The van der Waals surface area contributed by atoms with Crippen LogP contribution < -0.4 is 5.32 Å².